The highest BCUT2D eigenvalue weighted by molar-refractivity contribution is 5.72. The van der Waals surface area contributed by atoms with Gasteiger partial charge in [-0.15, -0.1) is 0 Å². The van der Waals surface area contributed by atoms with E-state index in [0.29, 0.717) is 6.54 Å². The minimum Gasteiger partial charge on any atom is -0.355 e. The van der Waals surface area contributed by atoms with Crippen LogP contribution < -0.4 is 11.1 Å². The third kappa shape index (κ3) is 3.98. The van der Waals surface area contributed by atoms with Gasteiger partial charge in [-0.1, -0.05) is 13.8 Å². The second-order valence-electron chi connectivity index (χ2n) is 2.98. The largest absolute Gasteiger partial charge is 0.355 e. The Hall–Kier alpha value is -0.570. The van der Waals surface area contributed by atoms with E-state index in [1.54, 1.807) is 0 Å². The van der Waals surface area contributed by atoms with Gasteiger partial charge in [0.15, 0.2) is 0 Å². The molecule has 0 rings (SSSR count). The molecule has 0 atom stereocenters. The zero-order valence-electron chi connectivity index (χ0n) is 7.61. The van der Waals surface area contributed by atoms with Gasteiger partial charge in [0.05, 0.1) is 0 Å². The smallest absolute Gasteiger partial charge is 0.216 e. The van der Waals surface area contributed by atoms with E-state index in [2.05, 4.69) is 5.32 Å². The minimum atomic E-state index is -0.217. The summed E-state index contributed by atoms with van der Waals surface area (Å²) >= 11 is 0. The Balaban J connectivity index is 3.78. The normalized spacial score (nSPS) is 11.3. The quantitative estimate of drug-likeness (QED) is 0.631. The molecular formula is C8H18N2O. The Labute approximate surface area is 68.3 Å². The summed E-state index contributed by atoms with van der Waals surface area (Å²) in [4.78, 5) is 10.6. The lowest BCUT2D eigenvalue weighted by Crippen LogP contribution is -2.48. The monoisotopic (exact) mass is 158 g/mol. The lowest BCUT2D eigenvalue weighted by Gasteiger charge is -2.26. The second-order valence-corrected chi connectivity index (χ2v) is 2.98. The maximum Gasteiger partial charge on any atom is 0.216 e. The van der Waals surface area contributed by atoms with E-state index in [1.807, 2.05) is 13.8 Å². The van der Waals surface area contributed by atoms with E-state index in [1.165, 1.54) is 6.92 Å². The molecule has 1 amide bonds. The molecule has 0 saturated carbocycles. The van der Waals surface area contributed by atoms with Gasteiger partial charge in [-0.2, -0.15) is 0 Å². The number of hydrogen-bond donors (Lipinski definition) is 2. The van der Waals surface area contributed by atoms with Crippen LogP contribution >= 0.6 is 0 Å². The number of nitrogens with two attached hydrogens (primary N) is 1. The molecule has 0 saturated heterocycles. The first-order valence-electron chi connectivity index (χ1n) is 4.07. The van der Waals surface area contributed by atoms with Crippen LogP contribution in [0.4, 0.5) is 0 Å². The van der Waals surface area contributed by atoms with Crippen molar-refractivity contribution in [3.63, 3.8) is 0 Å². The van der Waals surface area contributed by atoms with E-state index in [0.717, 1.165) is 12.8 Å². The second kappa shape index (κ2) is 4.34. The van der Waals surface area contributed by atoms with Crippen molar-refractivity contribution in [1.82, 2.24) is 5.32 Å². The molecule has 11 heavy (non-hydrogen) atoms. The average Bonchev–Trinajstić information content (AvgIpc) is 2.00. The SMILES string of the molecule is CCC(N)(CC)CNC(C)=O. The van der Waals surface area contributed by atoms with E-state index < -0.39 is 0 Å². The number of carbonyl (C=O) groups excluding carboxylic acids is 1. The molecule has 0 unspecified atom stereocenters. The summed E-state index contributed by atoms with van der Waals surface area (Å²) in [5.41, 5.74) is 5.71. The summed E-state index contributed by atoms with van der Waals surface area (Å²) in [6.45, 7) is 6.15. The van der Waals surface area contributed by atoms with Gasteiger partial charge in [0.2, 0.25) is 5.91 Å². The van der Waals surface area contributed by atoms with E-state index in [9.17, 15) is 4.79 Å². The molecule has 66 valence electrons. The third-order valence-corrected chi connectivity index (χ3v) is 2.10. The fourth-order valence-corrected chi connectivity index (χ4v) is 0.801. The molecule has 0 heterocycles. The van der Waals surface area contributed by atoms with Crippen LogP contribution in [-0.2, 0) is 4.79 Å². The summed E-state index contributed by atoms with van der Waals surface area (Å²) in [5, 5.41) is 2.72. The molecule has 0 aliphatic heterocycles. The zero-order valence-corrected chi connectivity index (χ0v) is 7.61. The van der Waals surface area contributed by atoms with Crippen molar-refractivity contribution in [2.75, 3.05) is 6.54 Å². The maximum absolute atomic E-state index is 10.6. The number of nitrogens with one attached hydrogen (secondary N) is 1. The molecule has 0 aliphatic rings. The van der Waals surface area contributed by atoms with Crippen LogP contribution in [0.3, 0.4) is 0 Å². The highest BCUT2D eigenvalue weighted by Gasteiger charge is 2.19. The molecule has 0 aliphatic carbocycles. The summed E-state index contributed by atoms with van der Waals surface area (Å²) in [6, 6.07) is 0. The summed E-state index contributed by atoms with van der Waals surface area (Å²) in [6.07, 6.45) is 1.79. The Morgan fingerprint density at radius 1 is 1.45 bits per heavy atom. The van der Waals surface area contributed by atoms with Crippen molar-refractivity contribution in [3.05, 3.63) is 0 Å². The van der Waals surface area contributed by atoms with Gasteiger partial charge in [-0.05, 0) is 12.8 Å². The summed E-state index contributed by atoms with van der Waals surface area (Å²) < 4.78 is 0. The molecule has 3 N–H and O–H groups in total. The van der Waals surface area contributed by atoms with Crippen molar-refractivity contribution in [2.45, 2.75) is 39.2 Å². The topological polar surface area (TPSA) is 55.1 Å². The van der Waals surface area contributed by atoms with Gasteiger partial charge < -0.3 is 11.1 Å². The van der Waals surface area contributed by atoms with Gasteiger partial charge in [-0.25, -0.2) is 0 Å². The number of carbonyl (C=O) groups is 1. The first-order chi connectivity index (χ1) is 5.04. The summed E-state index contributed by atoms with van der Waals surface area (Å²) in [5.74, 6) is -0.0123. The molecule has 3 heteroatoms. The van der Waals surface area contributed by atoms with Gasteiger partial charge in [-0.3, -0.25) is 4.79 Å². The van der Waals surface area contributed by atoms with Crippen LogP contribution in [0, 0.1) is 0 Å². The Morgan fingerprint density at radius 3 is 2.18 bits per heavy atom. The molecule has 0 spiro atoms. The van der Waals surface area contributed by atoms with Crippen LogP contribution in [0.1, 0.15) is 33.6 Å². The highest BCUT2D eigenvalue weighted by Crippen LogP contribution is 2.08. The van der Waals surface area contributed by atoms with E-state index in [-0.39, 0.29) is 11.4 Å². The molecule has 0 aromatic rings. The lowest BCUT2D eigenvalue weighted by molar-refractivity contribution is -0.119. The third-order valence-electron chi connectivity index (χ3n) is 2.10. The summed E-state index contributed by atoms with van der Waals surface area (Å²) in [7, 11) is 0. The molecule has 3 nitrogen and oxygen atoms in total. The number of rotatable bonds is 4. The Bertz CT molecular complexity index is 130. The van der Waals surface area contributed by atoms with Gasteiger partial charge in [0.25, 0.3) is 0 Å². The van der Waals surface area contributed by atoms with Crippen LogP contribution in [0.25, 0.3) is 0 Å². The maximum atomic E-state index is 10.6. The van der Waals surface area contributed by atoms with Crippen molar-refractivity contribution in [1.29, 1.82) is 0 Å². The zero-order chi connectivity index (χ0) is 8.91. The van der Waals surface area contributed by atoms with Crippen LogP contribution in [-0.4, -0.2) is 18.0 Å². The average molecular weight is 158 g/mol. The van der Waals surface area contributed by atoms with Gasteiger partial charge in [0, 0.05) is 19.0 Å². The molecule has 0 aromatic carbocycles. The van der Waals surface area contributed by atoms with Crippen molar-refractivity contribution >= 4 is 5.91 Å². The van der Waals surface area contributed by atoms with E-state index >= 15 is 0 Å². The number of hydrogen-bond acceptors (Lipinski definition) is 2. The molecule has 0 aromatic heterocycles. The minimum absolute atomic E-state index is 0.0123. The first kappa shape index (κ1) is 10.4. The van der Waals surface area contributed by atoms with Crippen molar-refractivity contribution in [3.8, 4) is 0 Å². The molecular weight excluding hydrogens is 140 g/mol. The highest BCUT2D eigenvalue weighted by atomic mass is 16.1. The fraction of sp³-hybridized carbons (Fsp3) is 0.875. The lowest BCUT2D eigenvalue weighted by atomic mass is 9.94. The van der Waals surface area contributed by atoms with Crippen LogP contribution in [0.5, 0.6) is 0 Å². The van der Waals surface area contributed by atoms with Gasteiger partial charge >= 0.3 is 0 Å². The fourth-order valence-electron chi connectivity index (χ4n) is 0.801. The Morgan fingerprint density at radius 2 is 1.91 bits per heavy atom. The molecule has 0 radical (unpaired) electrons. The molecule has 0 fully saturated rings. The van der Waals surface area contributed by atoms with E-state index in [4.69, 9.17) is 5.73 Å². The number of amides is 1. The standard InChI is InChI=1S/C8H18N2O/c1-4-8(9,5-2)6-10-7(3)11/h4-6,9H2,1-3H3,(H,10,11). The Kier molecular flexibility index (Phi) is 4.11. The first-order valence-corrected chi connectivity index (χ1v) is 4.07. The van der Waals surface area contributed by atoms with Crippen LogP contribution in [0.2, 0.25) is 0 Å². The molecule has 0 bridgehead atoms. The predicted octanol–water partition coefficient (Wildman–Crippen LogP) is 0.640. The van der Waals surface area contributed by atoms with Crippen molar-refractivity contribution < 1.29 is 4.79 Å². The van der Waals surface area contributed by atoms with Crippen LogP contribution in [0.15, 0.2) is 0 Å². The predicted molar refractivity (Wildman–Crippen MR) is 46.2 cm³/mol. The van der Waals surface area contributed by atoms with Crippen molar-refractivity contribution in [2.24, 2.45) is 5.73 Å². The van der Waals surface area contributed by atoms with Gasteiger partial charge in [0.1, 0.15) is 0 Å².